The first-order valence-corrected chi connectivity index (χ1v) is 12.6. The molecule has 2 N–H and O–H groups in total. The molecule has 11 heteroatoms. The summed E-state index contributed by atoms with van der Waals surface area (Å²) in [5.41, 5.74) is 2.19. The zero-order valence-electron chi connectivity index (χ0n) is 21.1. The third-order valence-electron chi connectivity index (χ3n) is 6.73. The number of H-pyrrole nitrogens is 1. The number of pyridine rings is 1. The van der Waals surface area contributed by atoms with E-state index in [0.717, 1.165) is 18.4 Å². The first-order chi connectivity index (χ1) is 18.7. The van der Waals surface area contributed by atoms with Gasteiger partial charge < -0.3 is 19.9 Å². The molecular weight excluding hydrogens is 511 g/mol. The van der Waals surface area contributed by atoms with Crippen molar-refractivity contribution in [2.24, 2.45) is 0 Å². The van der Waals surface area contributed by atoms with Gasteiger partial charge in [0, 0.05) is 25.0 Å². The van der Waals surface area contributed by atoms with E-state index in [1.54, 1.807) is 30.5 Å². The number of aromatic nitrogens is 3. The van der Waals surface area contributed by atoms with E-state index in [0.29, 0.717) is 36.8 Å². The summed E-state index contributed by atoms with van der Waals surface area (Å²) in [5, 5.41) is 2.74. The number of para-hydroxylation sites is 1. The number of benzene rings is 2. The second-order valence-corrected chi connectivity index (χ2v) is 9.22. The highest BCUT2D eigenvalue weighted by atomic mass is 19.4. The lowest BCUT2D eigenvalue weighted by Gasteiger charge is -2.32. The summed E-state index contributed by atoms with van der Waals surface area (Å²) in [5.74, 6) is -1.21. The molecule has 2 amide bonds. The summed E-state index contributed by atoms with van der Waals surface area (Å²) >= 11 is 0. The normalized spacial score (nSPS) is 14.4. The molecule has 0 unspecified atom stereocenters. The number of nitrogens with zero attached hydrogens (tertiary/aromatic N) is 3. The van der Waals surface area contributed by atoms with Crippen LogP contribution in [-0.4, -0.2) is 51.4 Å². The molecule has 1 fully saturated rings. The van der Waals surface area contributed by atoms with Gasteiger partial charge in [0.05, 0.1) is 17.7 Å². The van der Waals surface area contributed by atoms with Gasteiger partial charge in [-0.15, -0.1) is 0 Å². The standard InChI is InChI=1S/C28H26F3N5O3/c1-2-39-25-21(6-4-14-32-25)26(38)36-15-12-18(13-16-36)17-8-10-19(11-9-17)33-24(37)20-5-3-7-22-23(20)35-27(34-22)28(29,30)31/h3-11,14,18H,2,12-13,15-16H2,1H3,(H,33,37)(H,34,35). The molecule has 8 nitrogen and oxygen atoms in total. The van der Waals surface area contributed by atoms with Gasteiger partial charge in [0.1, 0.15) is 11.1 Å². The van der Waals surface area contributed by atoms with Gasteiger partial charge in [-0.3, -0.25) is 9.59 Å². The lowest BCUT2D eigenvalue weighted by Crippen LogP contribution is -2.38. The molecule has 1 saturated heterocycles. The highest BCUT2D eigenvalue weighted by Crippen LogP contribution is 2.32. The monoisotopic (exact) mass is 537 g/mol. The lowest BCUT2D eigenvalue weighted by atomic mass is 9.89. The summed E-state index contributed by atoms with van der Waals surface area (Å²) in [6.45, 7) is 3.46. The Balaban J connectivity index is 1.22. The van der Waals surface area contributed by atoms with Crippen molar-refractivity contribution in [3.05, 3.63) is 83.3 Å². The second kappa shape index (κ2) is 10.8. The van der Waals surface area contributed by atoms with Crippen LogP contribution < -0.4 is 10.1 Å². The van der Waals surface area contributed by atoms with Crippen LogP contribution in [0.25, 0.3) is 11.0 Å². The number of carbonyl (C=O) groups is 2. The Hall–Kier alpha value is -4.41. The van der Waals surface area contributed by atoms with Crippen molar-refractivity contribution in [1.29, 1.82) is 0 Å². The largest absolute Gasteiger partial charge is 0.477 e. The van der Waals surface area contributed by atoms with Gasteiger partial charge in [0.2, 0.25) is 11.7 Å². The molecule has 0 radical (unpaired) electrons. The zero-order chi connectivity index (χ0) is 27.6. The minimum Gasteiger partial charge on any atom is -0.477 e. The fourth-order valence-electron chi connectivity index (χ4n) is 4.78. The number of hydrogen-bond acceptors (Lipinski definition) is 5. The molecule has 4 aromatic rings. The number of alkyl halides is 3. The summed E-state index contributed by atoms with van der Waals surface area (Å²) in [6.07, 6.45) is -1.48. The molecule has 0 bridgehead atoms. The SMILES string of the molecule is CCOc1ncccc1C(=O)N1CCC(c2ccc(NC(=O)c3cccc4[nH]c(C(F)(F)F)nc34)cc2)CC1. The fraction of sp³-hybridized carbons (Fsp3) is 0.286. The minimum atomic E-state index is -4.64. The van der Waals surface area contributed by atoms with Crippen molar-refractivity contribution >= 4 is 28.5 Å². The number of piperidine rings is 1. The Kier molecular flexibility index (Phi) is 7.23. The van der Waals surface area contributed by atoms with Crippen LogP contribution in [0.3, 0.4) is 0 Å². The van der Waals surface area contributed by atoms with E-state index < -0.39 is 17.9 Å². The van der Waals surface area contributed by atoms with Crippen LogP contribution in [0.2, 0.25) is 0 Å². The summed E-state index contributed by atoms with van der Waals surface area (Å²) in [6, 6.07) is 15.2. The highest BCUT2D eigenvalue weighted by Gasteiger charge is 2.35. The van der Waals surface area contributed by atoms with Crippen molar-refractivity contribution in [3.63, 3.8) is 0 Å². The first-order valence-electron chi connectivity index (χ1n) is 12.6. The molecular formula is C28H26F3N5O3. The quantitative estimate of drug-likeness (QED) is 0.331. The smallest absolute Gasteiger partial charge is 0.449 e. The number of rotatable bonds is 6. The first kappa shape index (κ1) is 26.2. The molecule has 202 valence electrons. The molecule has 1 aliphatic rings. The molecule has 2 aromatic heterocycles. The van der Waals surface area contributed by atoms with Crippen molar-refractivity contribution in [2.75, 3.05) is 25.0 Å². The van der Waals surface area contributed by atoms with Crippen molar-refractivity contribution in [2.45, 2.75) is 31.9 Å². The predicted octanol–water partition coefficient (Wildman–Crippen LogP) is 5.65. The number of ether oxygens (including phenoxy) is 1. The summed E-state index contributed by atoms with van der Waals surface area (Å²) in [7, 11) is 0. The molecule has 0 aliphatic carbocycles. The van der Waals surface area contributed by atoms with Gasteiger partial charge in [-0.2, -0.15) is 13.2 Å². The van der Waals surface area contributed by atoms with Crippen molar-refractivity contribution < 1.29 is 27.5 Å². The fourth-order valence-corrected chi connectivity index (χ4v) is 4.78. The average Bonchev–Trinajstić information content (AvgIpc) is 3.39. The topological polar surface area (TPSA) is 100 Å². The molecule has 2 aromatic carbocycles. The number of aromatic amines is 1. The van der Waals surface area contributed by atoms with Gasteiger partial charge >= 0.3 is 6.18 Å². The number of amides is 2. The van der Waals surface area contributed by atoms with Gasteiger partial charge in [-0.25, -0.2) is 9.97 Å². The van der Waals surface area contributed by atoms with E-state index in [1.165, 1.54) is 18.2 Å². The molecule has 39 heavy (non-hydrogen) atoms. The number of nitrogens with one attached hydrogen (secondary N) is 2. The Morgan fingerprint density at radius 2 is 1.77 bits per heavy atom. The number of carbonyl (C=O) groups excluding carboxylic acids is 2. The number of hydrogen-bond donors (Lipinski definition) is 2. The molecule has 5 rings (SSSR count). The van der Waals surface area contributed by atoms with Crippen LogP contribution in [-0.2, 0) is 6.18 Å². The molecule has 1 aliphatic heterocycles. The number of likely N-dealkylation sites (tertiary alicyclic amines) is 1. The van der Waals surface area contributed by atoms with Crippen LogP contribution in [0, 0.1) is 0 Å². The van der Waals surface area contributed by atoms with E-state index in [9.17, 15) is 22.8 Å². The van der Waals surface area contributed by atoms with Crippen molar-refractivity contribution in [1.82, 2.24) is 19.9 Å². The van der Waals surface area contributed by atoms with Crippen LogP contribution in [0.4, 0.5) is 18.9 Å². The van der Waals surface area contributed by atoms with E-state index in [2.05, 4.69) is 20.3 Å². The Morgan fingerprint density at radius 1 is 1.05 bits per heavy atom. The van der Waals surface area contributed by atoms with Crippen LogP contribution >= 0.6 is 0 Å². The van der Waals surface area contributed by atoms with Gasteiger partial charge in [0.25, 0.3) is 11.8 Å². The lowest BCUT2D eigenvalue weighted by molar-refractivity contribution is -0.144. The predicted molar refractivity (Wildman–Crippen MR) is 139 cm³/mol. The summed E-state index contributed by atoms with van der Waals surface area (Å²) < 4.78 is 44.7. The second-order valence-electron chi connectivity index (χ2n) is 9.22. The Bertz CT molecular complexity index is 1490. The number of anilines is 1. The maximum atomic E-state index is 13.1. The molecule has 0 saturated carbocycles. The number of fused-ring (bicyclic) bond motifs is 1. The van der Waals surface area contributed by atoms with E-state index >= 15 is 0 Å². The van der Waals surface area contributed by atoms with E-state index in [-0.39, 0.29) is 28.4 Å². The zero-order valence-corrected chi connectivity index (χ0v) is 21.1. The average molecular weight is 538 g/mol. The maximum Gasteiger partial charge on any atom is 0.449 e. The van der Waals surface area contributed by atoms with E-state index in [1.807, 2.05) is 24.0 Å². The van der Waals surface area contributed by atoms with E-state index in [4.69, 9.17) is 4.74 Å². The van der Waals surface area contributed by atoms with Gasteiger partial charge in [-0.1, -0.05) is 18.2 Å². The third-order valence-corrected chi connectivity index (χ3v) is 6.73. The Morgan fingerprint density at radius 3 is 2.46 bits per heavy atom. The number of imidazole rings is 1. The molecule has 3 heterocycles. The summed E-state index contributed by atoms with van der Waals surface area (Å²) in [4.78, 5) is 37.7. The maximum absolute atomic E-state index is 13.1. The van der Waals surface area contributed by atoms with Gasteiger partial charge in [-0.05, 0) is 67.6 Å². The number of halogens is 3. The Labute approximate surface area is 222 Å². The minimum absolute atomic E-state index is 0.0417. The third kappa shape index (κ3) is 5.57. The van der Waals surface area contributed by atoms with Crippen LogP contribution in [0.5, 0.6) is 5.88 Å². The molecule has 0 spiro atoms. The molecule has 0 atom stereocenters. The van der Waals surface area contributed by atoms with Gasteiger partial charge in [0.15, 0.2) is 0 Å². The highest BCUT2D eigenvalue weighted by molar-refractivity contribution is 6.11. The van der Waals surface area contributed by atoms with Crippen LogP contribution in [0.15, 0.2) is 60.8 Å². The van der Waals surface area contributed by atoms with Crippen molar-refractivity contribution in [3.8, 4) is 5.88 Å². The van der Waals surface area contributed by atoms with Crippen LogP contribution in [0.1, 0.15) is 57.8 Å².